The monoisotopic (exact) mass is 282 g/mol. The number of nitro benzene ring substituents is 1. The van der Waals surface area contributed by atoms with Gasteiger partial charge in [0, 0.05) is 44.9 Å². The molecule has 1 aromatic carbocycles. The number of hydrogen-bond acceptors (Lipinski definition) is 5. The van der Waals surface area contributed by atoms with Gasteiger partial charge in [-0.25, -0.2) is 0 Å². The second-order valence-corrected chi connectivity index (χ2v) is 5.16. The summed E-state index contributed by atoms with van der Waals surface area (Å²) in [4.78, 5) is 10.5. The normalized spacial score (nSPS) is 14.0. The number of aliphatic hydroxyl groups is 1. The first kappa shape index (κ1) is 16.6. The molecule has 0 aromatic heterocycles. The fourth-order valence-electron chi connectivity index (χ4n) is 1.94. The third kappa shape index (κ3) is 4.88. The van der Waals surface area contributed by atoms with E-state index < -0.39 is 5.60 Å². The van der Waals surface area contributed by atoms with Gasteiger partial charge in [0.1, 0.15) is 0 Å². The zero-order valence-corrected chi connectivity index (χ0v) is 12.2. The molecule has 0 aliphatic heterocycles. The molecule has 1 aromatic rings. The standard InChI is InChI=1S/C14H22N2O4/c1-11-12(5-4-6-13(11)16(18)19)9-15-10-14(2,17)7-8-20-3/h4-6,15,17H,7-10H2,1-3H3. The average Bonchev–Trinajstić information content (AvgIpc) is 2.38. The maximum absolute atomic E-state index is 10.9. The van der Waals surface area contributed by atoms with E-state index in [-0.39, 0.29) is 10.6 Å². The van der Waals surface area contributed by atoms with Crippen LogP contribution in [0.2, 0.25) is 0 Å². The summed E-state index contributed by atoms with van der Waals surface area (Å²) in [6.45, 7) is 4.84. The summed E-state index contributed by atoms with van der Waals surface area (Å²) in [5, 5.41) is 24.1. The summed E-state index contributed by atoms with van der Waals surface area (Å²) in [5.41, 5.74) is 0.781. The first-order valence-electron chi connectivity index (χ1n) is 6.52. The highest BCUT2D eigenvalue weighted by atomic mass is 16.6. The topological polar surface area (TPSA) is 84.6 Å². The molecule has 0 aliphatic rings. The predicted molar refractivity (Wildman–Crippen MR) is 76.7 cm³/mol. The molecule has 0 saturated heterocycles. The van der Waals surface area contributed by atoms with Crippen LogP contribution < -0.4 is 5.32 Å². The van der Waals surface area contributed by atoms with Crippen molar-refractivity contribution < 1.29 is 14.8 Å². The van der Waals surface area contributed by atoms with Crippen molar-refractivity contribution in [1.29, 1.82) is 0 Å². The van der Waals surface area contributed by atoms with Crippen LogP contribution in [0.4, 0.5) is 5.69 Å². The van der Waals surface area contributed by atoms with Crippen molar-refractivity contribution in [2.75, 3.05) is 20.3 Å². The van der Waals surface area contributed by atoms with Crippen LogP contribution in [0.5, 0.6) is 0 Å². The minimum Gasteiger partial charge on any atom is -0.389 e. The molecule has 0 heterocycles. The number of methoxy groups -OCH3 is 1. The molecule has 1 unspecified atom stereocenters. The molecule has 0 aliphatic carbocycles. The van der Waals surface area contributed by atoms with Crippen molar-refractivity contribution in [3.63, 3.8) is 0 Å². The van der Waals surface area contributed by atoms with Gasteiger partial charge < -0.3 is 15.2 Å². The first-order valence-corrected chi connectivity index (χ1v) is 6.52. The van der Waals surface area contributed by atoms with Crippen molar-refractivity contribution in [2.24, 2.45) is 0 Å². The molecular formula is C14H22N2O4. The molecule has 0 radical (unpaired) electrons. The van der Waals surface area contributed by atoms with E-state index in [1.807, 2.05) is 6.07 Å². The van der Waals surface area contributed by atoms with Crippen LogP contribution in [-0.2, 0) is 11.3 Å². The van der Waals surface area contributed by atoms with E-state index >= 15 is 0 Å². The molecule has 0 bridgehead atoms. The van der Waals surface area contributed by atoms with Crippen molar-refractivity contribution in [1.82, 2.24) is 5.32 Å². The Morgan fingerprint density at radius 2 is 2.20 bits per heavy atom. The lowest BCUT2D eigenvalue weighted by Crippen LogP contribution is -2.38. The Morgan fingerprint density at radius 3 is 2.80 bits per heavy atom. The Kier molecular flexibility index (Phi) is 6.06. The van der Waals surface area contributed by atoms with E-state index in [2.05, 4.69) is 5.32 Å². The Hall–Kier alpha value is -1.50. The third-order valence-electron chi connectivity index (χ3n) is 3.28. The molecule has 1 atom stereocenters. The number of nitrogens with zero attached hydrogens (tertiary/aromatic N) is 1. The Balaban J connectivity index is 2.58. The van der Waals surface area contributed by atoms with Crippen molar-refractivity contribution in [3.8, 4) is 0 Å². The predicted octanol–water partition coefficient (Wildman–Crippen LogP) is 1.78. The summed E-state index contributed by atoms with van der Waals surface area (Å²) < 4.78 is 4.94. The molecule has 6 heteroatoms. The maximum Gasteiger partial charge on any atom is 0.272 e. The molecular weight excluding hydrogens is 260 g/mol. The molecule has 0 saturated carbocycles. The molecule has 1 rings (SSSR count). The molecule has 6 nitrogen and oxygen atoms in total. The van der Waals surface area contributed by atoms with E-state index in [4.69, 9.17) is 4.74 Å². The highest BCUT2D eigenvalue weighted by molar-refractivity contribution is 5.44. The maximum atomic E-state index is 10.9. The molecule has 112 valence electrons. The smallest absolute Gasteiger partial charge is 0.272 e. The third-order valence-corrected chi connectivity index (χ3v) is 3.28. The van der Waals surface area contributed by atoms with E-state index in [0.717, 1.165) is 5.56 Å². The summed E-state index contributed by atoms with van der Waals surface area (Å²) in [6.07, 6.45) is 0.532. The van der Waals surface area contributed by atoms with E-state index in [1.165, 1.54) is 6.07 Å². The van der Waals surface area contributed by atoms with Crippen LogP contribution in [0.15, 0.2) is 18.2 Å². The van der Waals surface area contributed by atoms with Gasteiger partial charge in [0.2, 0.25) is 0 Å². The largest absolute Gasteiger partial charge is 0.389 e. The fourth-order valence-corrected chi connectivity index (χ4v) is 1.94. The van der Waals surface area contributed by atoms with Crippen LogP contribution in [-0.4, -0.2) is 35.9 Å². The zero-order chi connectivity index (χ0) is 15.2. The highest BCUT2D eigenvalue weighted by Crippen LogP contribution is 2.21. The van der Waals surface area contributed by atoms with Crippen LogP contribution >= 0.6 is 0 Å². The second-order valence-electron chi connectivity index (χ2n) is 5.16. The van der Waals surface area contributed by atoms with Gasteiger partial charge in [0.25, 0.3) is 5.69 Å². The molecule has 2 N–H and O–H groups in total. The number of hydrogen-bond donors (Lipinski definition) is 2. The number of nitrogens with one attached hydrogen (secondary N) is 1. The van der Waals surface area contributed by atoms with Gasteiger partial charge in [-0.2, -0.15) is 0 Å². The van der Waals surface area contributed by atoms with E-state index in [9.17, 15) is 15.2 Å². The van der Waals surface area contributed by atoms with Gasteiger partial charge in [-0.3, -0.25) is 10.1 Å². The van der Waals surface area contributed by atoms with Crippen LogP contribution in [0, 0.1) is 17.0 Å². The van der Waals surface area contributed by atoms with Crippen molar-refractivity contribution in [2.45, 2.75) is 32.4 Å². The number of nitro groups is 1. The quantitative estimate of drug-likeness (QED) is 0.561. The van der Waals surface area contributed by atoms with E-state index in [1.54, 1.807) is 27.0 Å². The lowest BCUT2D eigenvalue weighted by Gasteiger charge is -2.23. The Labute approximate surface area is 118 Å². The van der Waals surface area contributed by atoms with Gasteiger partial charge in [0.05, 0.1) is 10.5 Å². The molecule has 20 heavy (non-hydrogen) atoms. The number of ether oxygens (including phenoxy) is 1. The Morgan fingerprint density at radius 1 is 1.50 bits per heavy atom. The van der Waals surface area contributed by atoms with Crippen LogP contribution in [0.25, 0.3) is 0 Å². The average molecular weight is 282 g/mol. The fraction of sp³-hybridized carbons (Fsp3) is 0.571. The van der Waals surface area contributed by atoms with Gasteiger partial charge >= 0.3 is 0 Å². The van der Waals surface area contributed by atoms with Crippen LogP contribution in [0.3, 0.4) is 0 Å². The van der Waals surface area contributed by atoms with Crippen LogP contribution in [0.1, 0.15) is 24.5 Å². The minimum atomic E-state index is -0.857. The summed E-state index contributed by atoms with van der Waals surface area (Å²) in [5.74, 6) is 0. The van der Waals surface area contributed by atoms with Gasteiger partial charge in [-0.1, -0.05) is 12.1 Å². The van der Waals surface area contributed by atoms with Crippen molar-refractivity contribution >= 4 is 5.69 Å². The van der Waals surface area contributed by atoms with Gasteiger partial charge in [-0.05, 0) is 19.4 Å². The number of benzene rings is 1. The SMILES string of the molecule is COCCC(C)(O)CNCc1cccc([N+](=O)[O-])c1C. The molecule has 0 amide bonds. The highest BCUT2D eigenvalue weighted by Gasteiger charge is 2.20. The van der Waals surface area contributed by atoms with Crippen molar-refractivity contribution in [3.05, 3.63) is 39.4 Å². The van der Waals surface area contributed by atoms with E-state index in [0.29, 0.717) is 31.7 Å². The molecule has 0 fully saturated rings. The first-order chi connectivity index (χ1) is 9.37. The Bertz CT molecular complexity index is 460. The van der Waals surface area contributed by atoms with Gasteiger partial charge in [0.15, 0.2) is 0 Å². The summed E-state index contributed by atoms with van der Waals surface area (Å²) in [7, 11) is 1.59. The lowest BCUT2D eigenvalue weighted by atomic mass is 10.0. The zero-order valence-electron chi connectivity index (χ0n) is 12.2. The second kappa shape index (κ2) is 7.33. The lowest BCUT2D eigenvalue weighted by molar-refractivity contribution is -0.385. The molecule has 0 spiro atoms. The minimum absolute atomic E-state index is 0.121. The summed E-state index contributed by atoms with van der Waals surface area (Å²) in [6, 6.07) is 5.01. The van der Waals surface area contributed by atoms with Gasteiger partial charge in [-0.15, -0.1) is 0 Å². The number of rotatable bonds is 8. The summed E-state index contributed by atoms with van der Waals surface area (Å²) >= 11 is 0.